The van der Waals surface area contributed by atoms with Crippen molar-refractivity contribution in [2.24, 2.45) is 5.73 Å². The van der Waals surface area contributed by atoms with Crippen molar-refractivity contribution < 1.29 is 4.74 Å². The lowest BCUT2D eigenvalue weighted by molar-refractivity contribution is 0.149. The second-order valence-corrected chi connectivity index (χ2v) is 3.18. The molecule has 0 amide bonds. The highest BCUT2D eigenvalue weighted by Crippen LogP contribution is 2.00. The van der Waals surface area contributed by atoms with Gasteiger partial charge in [-0.15, -0.1) is 0 Å². The Labute approximate surface area is 67.5 Å². The monoisotopic (exact) mass is 163 g/mol. The zero-order valence-electron chi connectivity index (χ0n) is 6.64. The Morgan fingerprint density at radius 1 is 1.40 bits per heavy atom. The van der Waals surface area contributed by atoms with E-state index in [0.717, 1.165) is 31.9 Å². The molecule has 0 radical (unpaired) electrons. The third kappa shape index (κ3) is 8.27. The van der Waals surface area contributed by atoms with Gasteiger partial charge in [-0.05, 0) is 19.1 Å². The van der Waals surface area contributed by atoms with E-state index < -0.39 is 0 Å². The summed E-state index contributed by atoms with van der Waals surface area (Å²) in [6.07, 6.45) is 1.15. The maximum absolute atomic E-state index is 5.32. The lowest BCUT2D eigenvalue weighted by atomic mass is 10.5. The molecule has 0 aliphatic carbocycles. The normalized spacial score (nSPS) is 10.2. The third-order valence-electron chi connectivity index (χ3n) is 1.04. The molecule has 0 aromatic heterocycles. The molecule has 0 aliphatic rings. The van der Waals surface area contributed by atoms with E-state index in [1.165, 1.54) is 5.75 Å². The Morgan fingerprint density at radius 3 is 2.80 bits per heavy atom. The van der Waals surface area contributed by atoms with Crippen LogP contribution in [0.25, 0.3) is 0 Å². The van der Waals surface area contributed by atoms with Gasteiger partial charge in [0.2, 0.25) is 0 Å². The molecule has 0 saturated heterocycles. The quantitative estimate of drug-likeness (QED) is 0.571. The summed E-state index contributed by atoms with van der Waals surface area (Å²) in [5, 5.41) is 0. The fourth-order valence-electron chi connectivity index (χ4n) is 0.593. The molecule has 0 aliphatic heterocycles. The van der Waals surface area contributed by atoms with Crippen LogP contribution in [0.1, 0.15) is 13.3 Å². The molecule has 0 spiro atoms. The average Bonchev–Trinajstić information content (AvgIpc) is 1.97. The first-order valence-electron chi connectivity index (χ1n) is 3.77. The molecule has 0 unspecified atom stereocenters. The van der Waals surface area contributed by atoms with Crippen molar-refractivity contribution in [3.05, 3.63) is 0 Å². The van der Waals surface area contributed by atoms with Crippen LogP contribution in [0.15, 0.2) is 0 Å². The first-order valence-corrected chi connectivity index (χ1v) is 4.92. The van der Waals surface area contributed by atoms with Crippen molar-refractivity contribution in [3.8, 4) is 0 Å². The number of nitrogens with two attached hydrogens (primary N) is 1. The molecule has 10 heavy (non-hydrogen) atoms. The van der Waals surface area contributed by atoms with Crippen molar-refractivity contribution in [2.45, 2.75) is 13.3 Å². The van der Waals surface area contributed by atoms with Gasteiger partial charge < -0.3 is 10.5 Å². The SMILES string of the molecule is CCOCCCSCCN. The van der Waals surface area contributed by atoms with Gasteiger partial charge in [-0.2, -0.15) is 11.8 Å². The Morgan fingerprint density at radius 2 is 2.20 bits per heavy atom. The number of thioether (sulfide) groups is 1. The molecule has 0 bridgehead atoms. The van der Waals surface area contributed by atoms with Crippen LogP contribution in [-0.2, 0) is 4.74 Å². The maximum atomic E-state index is 5.32. The Bertz CT molecular complexity index is 53.6. The van der Waals surface area contributed by atoms with E-state index >= 15 is 0 Å². The molecule has 0 aromatic rings. The van der Waals surface area contributed by atoms with Crippen LogP contribution in [0.3, 0.4) is 0 Å². The molecule has 0 heterocycles. The van der Waals surface area contributed by atoms with Gasteiger partial charge in [0.25, 0.3) is 0 Å². The van der Waals surface area contributed by atoms with Gasteiger partial charge in [0, 0.05) is 25.5 Å². The van der Waals surface area contributed by atoms with Crippen LogP contribution in [-0.4, -0.2) is 31.3 Å². The van der Waals surface area contributed by atoms with E-state index in [0.29, 0.717) is 0 Å². The minimum atomic E-state index is 0.791. The van der Waals surface area contributed by atoms with E-state index in [2.05, 4.69) is 0 Å². The Hall–Kier alpha value is 0.270. The van der Waals surface area contributed by atoms with Crippen LogP contribution >= 0.6 is 11.8 Å². The zero-order chi connectivity index (χ0) is 7.66. The molecule has 0 aromatic carbocycles. The lowest BCUT2D eigenvalue weighted by Crippen LogP contribution is -2.02. The maximum Gasteiger partial charge on any atom is 0.0473 e. The minimum absolute atomic E-state index is 0.791. The van der Waals surface area contributed by atoms with E-state index in [-0.39, 0.29) is 0 Å². The van der Waals surface area contributed by atoms with Crippen LogP contribution in [0.4, 0.5) is 0 Å². The largest absolute Gasteiger partial charge is 0.382 e. The first-order chi connectivity index (χ1) is 4.91. The van der Waals surface area contributed by atoms with E-state index in [4.69, 9.17) is 10.5 Å². The highest BCUT2D eigenvalue weighted by atomic mass is 32.2. The van der Waals surface area contributed by atoms with Gasteiger partial charge in [0.1, 0.15) is 0 Å². The predicted molar refractivity (Wildman–Crippen MR) is 47.5 cm³/mol. The molecule has 2 nitrogen and oxygen atoms in total. The number of hydrogen-bond acceptors (Lipinski definition) is 3. The predicted octanol–water partition coefficient (Wildman–Crippen LogP) is 1.10. The zero-order valence-corrected chi connectivity index (χ0v) is 7.45. The van der Waals surface area contributed by atoms with Crippen molar-refractivity contribution in [2.75, 3.05) is 31.3 Å². The molecular weight excluding hydrogens is 146 g/mol. The van der Waals surface area contributed by atoms with Gasteiger partial charge in [-0.3, -0.25) is 0 Å². The fraction of sp³-hybridized carbons (Fsp3) is 1.00. The number of hydrogen-bond donors (Lipinski definition) is 1. The van der Waals surface area contributed by atoms with Crippen LogP contribution in [0.2, 0.25) is 0 Å². The summed E-state index contributed by atoms with van der Waals surface area (Å²) in [4.78, 5) is 0. The summed E-state index contributed by atoms with van der Waals surface area (Å²) < 4.78 is 5.17. The van der Waals surface area contributed by atoms with Crippen molar-refractivity contribution in [1.29, 1.82) is 0 Å². The van der Waals surface area contributed by atoms with E-state index in [1.807, 2.05) is 18.7 Å². The number of ether oxygens (including phenoxy) is 1. The van der Waals surface area contributed by atoms with Gasteiger partial charge in [-0.25, -0.2) is 0 Å². The molecule has 2 N–H and O–H groups in total. The average molecular weight is 163 g/mol. The van der Waals surface area contributed by atoms with Crippen LogP contribution in [0.5, 0.6) is 0 Å². The summed E-state index contributed by atoms with van der Waals surface area (Å²) in [5.41, 5.74) is 5.32. The number of rotatable bonds is 7. The highest BCUT2D eigenvalue weighted by Gasteiger charge is 1.87. The summed E-state index contributed by atoms with van der Waals surface area (Å²) >= 11 is 1.90. The van der Waals surface area contributed by atoms with Crippen LogP contribution < -0.4 is 5.73 Å². The fourth-order valence-corrected chi connectivity index (χ4v) is 1.29. The summed E-state index contributed by atoms with van der Waals surface area (Å²) in [6, 6.07) is 0. The third-order valence-corrected chi connectivity index (χ3v) is 2.15. The standard InChI is InChI=1S/C7H17NOS/c1-2-9-5-3-6-10-7-4-8/h2-8H2,1H3. The Balaban J connectivity index is 2.65. The molecule has 0 fully saturated rings. The van der Waals surface area contributed by atoms with Crippen molar-refractivity contribution in [3.63, 3.8) is 0 Å². The molecule has 0 atom stereocenters. The van der Waals surface area contributed by atoms with Gasteiger partial charge in [0.05, 0.1) is 0 Å². The minimum Gasteiger partial charge on any atom is -0.382 e. The van der Waals surface area contributed by atoms with Gasteiger partial charge >= 0.3 is 0 Å². The second kappa shape index (κ2) is 9.27. The molecule has 0 saturated carbocycles. The summed E-state index contributed by atoms with van der Waals surface area (Å²) in [6.45, 7) is 4.54. The lowest BCUT2D eigenvalue weighted by Gasteiger charge is -1.99. The molecule has 62 valence electrons. The van der Waals surface area contributed by atoms with Crippen molar-refractivity contribution in [1.82, 2.24) is 0 Å². The molecule has 0 rings (SSSR count). The van der Waals surface area contributed by atoms with Crippen LogP contribution in [0, 0.1) is 0 Å². The van der Waals surface area contributed by atoms with E-state index in [9.17, 15) is 0 Å². The topological polar surface area (TPSA) is 35.2 Å². The second-order valence-electron chi connectivity index (χ2n) is 1.95. The molecular formula is C7H17NOS. The molecule has 3 heteroatoms. The first kappa shape index (κ1) is 10.3. The highest BCUT2D eigenvalue weighted by molar-refractivity contribution is 7.99. The smallest absolute Gasteiger partial charge is 0.0473 e. The van der Waals surface area contributed by atoms with Crippen molar-refractivity contribution >= 4 is 11.8 Å². The van der Waals surface area contributed by atoms with Gasteiger partial charge in [-0.1, -0.05) is 0 Å². The van der Waals surface area contributed by atoms with E-state index in [1.54, 1.807) is 0 Å². The van der Waals surface area contributed by atoms with Gasteiger partial charge in [0.15, 0.2) is 0 Å². The Kier molecular flexibility index (Phi) is 9.52. The summed E-state index contributed by atoms with van der Waals surface area (Å²) in [5.74, 6) is 2.25. The summed E-state index contributed by atoms with van der Waals surface area (Å²) in [7, 11) is 0.